The van der Waals surface area contributed by atoms with Gasteiger partial charge in [-0.05, 0) is 35.4 Å². The van der Waals surface area contributed by atoms with E-state index >= 15 is 0 Å². The van der Waals surface area contributed by atoms with E-state index in [-0.39, 0.29) is 5.69 Å². The Morgan fingerprint density at radius 3 is 2.09 bits per heavy atom. The molecule has 0 unspecified atom stereocenters. The minimum atomic E-state index is -0.258. The molecular weight excluding hydrogens is 473 g/mol. The largest absolute Gasteiger partial charge is 0.379 e. The van der Waals surface area contributed by atoms with Crippen LogP contribution >= 0.6 is 23.2 Å². The zero-order valence-corrected chi connectivity index (χ0v) is 20.8. The maximum absolute atomic E-state index is 13.1. The summed E-state index contributed by atoms with van der Waals surface area (Å²) < 4.78 is 8.25. The molecule has 1 saturated heterocycles. The van der Waals surface area contributed by atoms with Crippen LogP contribution in [0.15, 0.2) is 59.5 Å². The standard InChI is InChI=1S/C23H21Cl2N5O2.C2H6/c24-18-5-1-16(2-6-18)20-15-26-30-22(21(20)17-3-7-19(25)8-4-17)27-29(23(30)31)10-9-28-11-13-32-14-12-28;1-2/h1-8,15H,9-14H2;1-2H3. The summed E-state index contributed by atoms with van der Waals surface area (Å²) in [5.41, 5.74) is 3.77. The van der Waals surface area contributed by atoms with Crippen LogP contribution in [-0.4, -0.2) is 57.1 Å². The number of hydrogen-bond acceptors (Lipinski definition) is 5. The van der Waals surface area contributed by atoms with Gasteiger partial charge in [-0.3, -0.25) is 4.90 Å². The Morgan fingerprint density at radius 1 is 0.882 bits per heavy atom. The zero-order chi connectivity index (χ0) is 24.1. The van der Waals surface area contributed by atoms with Crippen molar-refractivity contribution in [2.24, 2.45) is 0 Å². The van der Waals surface area contributed by atoms with Gasteiger partial charge in [0.05, 0.1) is 26.0 Å². The number of benzene rings is 2. The highest BCUT2D eigenvalue weighted by Crippen LogP contribution is 2.34. The molecule has 0 spiro atoms. The fourth-order valence-electron chi connectivity index (χ4n) is 3.92. The molecule has 1 aliphatic rings. The maximum Gasteiger partial charge on any atom is 0.367 e. The van der Waals surface area contributed by atoms with E-state index in [4.69, 9.17) is 27.9 Å². The molecule has 0 bridgehead atoms. The molecule has 0 N–H and O–H groups in total. The fraction of sp³-hybridized carbons (Fsp3) is 0.320. The van der Waals surface area contributed by atoms with Crippen molar-refractivity contribution in [3.8, 4) is 22.3 Å². The Morgan fingerprint density at radius 2 is 1.47 bits per heavy atom. The lowest BCUT2D eigenvalue weighted by Gasteiger charge is -2.26. The number of rotatable bonds is 5. The average molecular weight is 500 g/mol. The summed E-state index contributed by atoms with van der Waals surface area (Å²) in [6.07, 6.45) is 1.70. The number of fused-ring (bicyclic) bond motifs is 1. The van der Waals surface area contributed by atoms with Crippen molar-refractivity contribution in [3.05, 3.63) is 75.3 Å². The summed E-state index contributed by atoms with van der Waals surface area (Å²) in [5.74, 6) is 0. The molecule has 5 rings (SSSR count). The molecule has 1 aliphatic heterocycles. The van der Waals surface area contributed by atoms with E-state index < -0.39 is 0 Å². The molecule has 0 amide bonds. The highest BCUT2D eigenvalue weighted by Gasteiger charge is 2.19. The molecule has 0 radical (unpaired) electrons. The SMILES string of the molecule is CC.O=c1n(CCN2CCOCC2)nc2c(-c3ccc(Cl)cc3)c(-c3ccc(Cl)cc3)cnn12. The number of hydrogen-bond donors (Lipinski definition) is 0. The molecule has 2 aromatic heterocycles. The van der Waals surface area contributed by atoms with Crippen LogP contribution < -0.4 is 5.69 Å². The van der Waals surface area contributed by atoms with Gasteiger partial charge in [0, 0.05) is 40.8 Å². The lowest BCUT2D eigenvalue weighted by atomic mass is 9.97. The van der Waals surface area contributed by atoms with Gasteiger partial charge in [-0.25, -0.2) is 9.48 Å². The number of aromatic nitrogens is 4. The van der Waals surface area contributed by atoms with Crippen molar-refractivity contribution < 1.29 is 4.74 Å². The Labute approximate surface area is 208 Å². The second kappa shape index (κ2) is 11.1. The highest BCUT2D eigenvalue weighted by atomic mass is 35.5. The molecule has 7 nitrogen and oxygen atoms in total. The summed E-state index contributed by atoms with van der Waals surface area (Å²) in [7, 11) is 0. The Bertz CT molecular complexity index is 1290. The van der Waals surface area contributed by atoms with Gasteiger partial charge >= 0.3 is 5.69 Å². The Balaban J connectivity index is 0.00000133. The van der Waals surface area contributed by atoms with Crippen LogP contribution in [0.3, 0.4) is 0 Å². The van der Waals surface area contributed by atoms with E-state index in [0.29, 0.717) is 35.5 Å². The van der Waals surface area contributed by atoms with Crippen molar-refractivity contribution in [2.45, 2.75) is 20.4 Å². The smallest absolute Gasteiger partial charge is 0.367 e. The van der Waals surface area contributed by atoms with Gasteiger partial charge in [0.2, 0.25) is 0 Å². The quantitative estimate of drug-likeness (QED) is 0.391. The van der Waals surface area contributed by atoms with Gasteiger partial charge in [0.25, 0.3) is 0 Å². The average Bonchev–Trinajstić information content (AvgIpc) is 3.20. The van der Waals surface area contributed by atoms with Gasteiger partial charge in [-0.2, -0.15) is 9.61 Å². The topological polar surface area (TPSA) is 64.7 Å². The van der Waals surface area contributed by atoms with Crippen molar-refractivity contribution in [3.63, 3.8) is 0 Å². The molecular formula is C25H27Cl2N5O2. The molecule has 0 atom stereocenters. The summed E-state index contributed by atoms with van der Waals surface area (Å²) in [4.78, 5) is 15.3. The van der Waals surface area contributed by atoms with Crippen LogP contribution in [0.1, 0.15) is 13.8 Å². The zero-order valence-electron chi connectivity index (χ0n) is 19.2. The fourth-order valence-corrected chi connectivity index (χ4v) is 4.17. The van der Waals surface area contributed by atoms with Crippen molar-refractivity contribution in [1.29, 1.82) is 0 Å². The van der Waals surface area contributed by atoms with Crippen molar-refractivity contribution >= 4 is 28.8 Å². The molecule has 1 fully saturated rings. The Hall–Kier alpha value is -2.71. The summed E-state index contributed by atoms with van der Waals surface area (Å²) in [6, 6.07) is 15.0. The van der Waals surface area contributed by atoms with E-state index in [1.54, 1.807) is 6.20 Å². The Kier molecular flexibility index (Phi) is 8.00. The predicted molar refractivity (Wildman–Crippen MR) is 137 cm³/mol. The minimum absolute atomic E-state index is 0.258. The first-order chi connectivity index (χ1) is 16.6. The highest BCUT2D eigenvalue weighted by molar-refractivity contribution is 6.31. The first kappa shape index (κ1) is 24.4. The van der Waals surface area contributed by atoms with E-state index in [2.05, 4.69) is 15.1 Å². The minimum Gasteiger partial charge on any atom is -0.379 e. The normalized spacial score (nSPS) is 14.1. The van der Waals surface area contributed by atoms with Gasteiger partial charge in [-0.15, -0.1) is 5.10 Å². The summed E-state index contributed by atoms with van der Waals surface area (Å²) in [5, 5.41) is 10.4. The second-order valence-electron chi connectivity index (χ2n) is 7.64. The van der Waals surface area contributed by atoms with Crippen LogP contribution in [0.2, 0.25) is 10.0 Å². The maximum atomic E-state index is 13.1. The van der Waals surface area contributed by atoms with Crippen LogP contribution in [0.5, 0.6) is 0 Å². The lowest BCUT2D eigenvalue weighted by Crippen LogP contribution is -2.39. The van der Waals surface area contributed by atoms with Crippen LogP contribution in [0.25, 0.3) is 27.9 Å². The third-order valence-electron chi connectivity index (χ3n) is 5.63. The first-order valence-electron chi connectivity index (χ1n) is 11.4. The molecule has 0 aliphatic carbocycles. The molecule has 2 aromatic carbocycles. The number of ether oxygens (including phenoxy) is 1. The molecule has 34 heavy (non-hydrogen) atoms. The summed E-state index contributed by atoms with van der Waals surface area (Å²) >= 11 is 12.2. The lowest BCUT2D eigenvalue weighted by molar-refractivity contribution is 0.0358. The van der Waals surface area contributed by atoms with Gasteiger partial charge in [0.15, 0.2) is 5.65 Å². The van der Waals surface area contributed by atoms with Crippen molar-refractivity contribution in [2.75, 3.05) is 32.8 Å². The van der Waals surface area contributed by atoms with E-state index in [9.17, 15) is 4.79 Å². The number of halogens is 2. The van der Waals surface area contributed by atoms with Gasteiger partial charge < -0.3 is 4.74 Å². The molecule has 4 aromatic rings. The molecule has 0 saturated carbocycles. The monoisotopic (exact) mass is 499 g/mol. The van der Waals surface area contributed by atoms with E-state index in [0.717, 1.165) is 41.9 Å². The van der Waals surface area contributed by atoms with Crippen LogP contribution in [-0.2, 0) is 11.3 Å². The van der Waals surface area contributed by atoms with Gasteiger partial charge in [0.1, 0.15) is 0 Å². The van der Waals surface area contributed by atoms with Crippen LogP contribution in [0.4, 0.5) is 0 Å². The third kappa shape index (κ3) is 5.18. The van der Waals surface area contributed by atoms with E-state index in [1.165, 1.54) is 9.20 Å². The summed E-state index contributed by atoms with van der Waals surface area (Å²) in [6.45, 7) is 8.36. The second-order valence-corrected chi connectivity index (χ2v) is 8.52. The van der Waals surface area contributed by atoms with Crippen molar-refractivity contribution in [1.82, 2.24) is 24.3 Å². The number of nitrogens with zero attached hydrogens (tertiary/aromatic N) is 5. The molecule has 3 heterocycles. The number of morpholine rings is 1. The van der Waals surface area contributed by atoms with E-state index in [1.807, 2.05) is 62.4 Å². The van der Waals surface area contributed by atoms with Crippen LogP contribution in [0, 0.1) is 0 Å². The molecule has 9 heteroatoms. The molecule has 178 valence electrons. The third-order valence-corrected chi connectivity index (χ3v) is 6.14. The van der Waals surface area contributed by atoms with Gasteiger partial charge in [-0.1, -0.05) is 61.3 Å². The predicted octanol–water partition coefficient (Wildman–Crippen LogP) is 4.89. The first-order valence-corrected chi connectivity index (χ1v) is 12.2.